The second-order valence-corrected chi connectivity index (χ2v) is 7.87. The number of aromatic nitrogens is 2. The van der Waals surface area contributed by atoms with Gasteiger partial charge in [-0.25, -0.2) is 0 Å². The third-order valence-corrected chi connectivity index (χ3v) is 5.62. The molecule has 156 valence electrons. The highest BCUT2D eigenvalue weighted by Crippen LogP contribution is 2.38. The molecule has 2 aliphatic heterocycles. The van der Waals surface area contributed by atoms with Gasteiger partial charge in [-0.3, -0.25) is 9.67 Å². The summed E-state index contributed by atoms with van der Waals surface area (Å²) in [6.45, 7) is 6.70. The molecule has 0 radical (unpaired) electrons. The number of hydrogen-bond donors (Lipinski definition) is 1. The summed E-state index contributed by atoms with van der Waals surface area (Å²) in [6.07, 6.45) is 6.01. The minimum Gasteiger partial charge on any atom is -0.486 e. The summed E-state index contributed by atoms with van der Waals surface area (Å²) in [5.41, 5.74) is 2.41. The highest BCUT2D eigenvalue weighted by Gasteiger charge is 2.27. The normalized spacial score (nSPS) is 18.9. The van der Waals surface area contributed by atoms with Crippen LogP contribution >= 0.6 is 11.6 Å². The standard InChI is InChI=1S/C21H28ClN5O2/c1-3-23-21(27-7-5-16(14-27)17-12-25-26(2)13-17)24-6-4-15-10-18(22)20-19(11-15)28-8-9-29-20/h10-13,16H,3-9,14H2,1-2H3,(H,23,24). The third kappa shape index (κ3) is 4.61. The van der Waals surface area contributed by atoms with Crippen LogP contribution < -0.4 is 14.8 Å². The van der Waals surface area contributed by atoms with Crippen molar-refractivity contribution in [2.75, 3.05) is 39.4 Å². The molecule has 0 spiro atoms. The molecule has 1 saturated heterocycles. The van der Waals surface area contributed by atoms with Crippen molar-refractivity contribution < 1.29 is 9.47 Å². The number of fused-ring (bicyclic) bond motifs is 1. The Morgan fingerprint density at radius 3 is 3.00 bits per heavy atom. The molecule has 2 aliphatic rings. The van der Waals surface area contributed by atoms with Crippen molar-refractivity contribution in [3.05, 3.63) is 40.7 Å². The first kappa shape index (κ1) is 19.9. The van der Waals surface area contributed by atoms with Crippen molar-refractivity contribution in [3.8, 4) is 11.5 Å². The summed E-state index contributed by atoms with van der Waals surface area (Å²) in [7, 11) is 1.96. The Kier molecular flexibility index (Phi) is 6.13. The number of benzene rings is 1. The van der Waals surface area contributed by atoms with Crippen molar-refractivity contribution in [2.45, 2.75) is 25.7 Å². The number of nitrogens with one attached hydrogen (secondary N) is 1. The number of aryl methyl sites for hydroxylation is 1. The first-order chi connectivity index (χ1) is 14.1. The molecule has 8 heteroatoms. The van der Waals surface area contributed by atoms with Gasteiger partial charge in [-0.1, -0.05) is 11.6 Å². The van der Waals surface area contributed by atoms with E-state index >= 15 is 0 Å². The molecular formula is C21H28ClN5O2. The number of likely N-dealkylation sites (tertiary alicyclic amines) is 1. The molecule has 0 aliphatic carbocycles. The van der Waals surface area contributed by atoms with E-state index in [1.807, 2.05) is 30.1 Å². The minimum absolute atomic E-state index is 0.504. The third-order valence-electron chi connectivity index (χ3n) is 5.34. The highest BCUT2D eigenvalue weighted by molar-refractivity contribution is 6.32. The van der Waals surface area contributed by atoms with Crippen molar-refractivity contribution in [1.82, 2.24) is 20.0 Å². The predicted molar refractivity (Wildman–Crippen MR) is 114 cm³/mol. The van der Waals surface area contributed by atoms with Crippen LogP contribution in [0.1, 0.15) is 30.4 Å². The number of aliphatic imine (C=N–C) groups is 1. The van der Waals surface area contributed by atoms with Gasteiger partial charge in [-0.15, -0.1) is 0 Å². The summed E-state index contributed by atoms with van der Waals surface area (Å²) in [5, 5.41) is 8.35. The first-order valence-corrected chi connectivity index (χ1v) is 10.6. The molecule has 1 atom stereocenters. The summed E-state index contributed by atoms with van der Waals surface area (Å²) >= 11 is 6.35. The van der Waals surface area contributed by atoms with Crippen LogP contribution in [0.3, 0.4) is 0 Å². The molecule has 7 nitrogen and oxygen atoms in total. The molecule has 29 heavy (non-hydrogen) atoms. The first-order valence-electron chi connectivity index (χ1n) is 10.2. The van der Waals surface area contributed by atoms with E-state index in [2.05, 4.69) is 28.4 Å². The van der Waals surface area contributed by atoms with Gasteiger partial charge in [0.2, 0.25) is 0 Å². The maximum absolute atomic E-state index is 6.35. The number of guanidine groups is 1. The molecular weight excluding hydrogens is 390 g/mol. The summed E-state index contributed by atoms with van der Waals surface area (Å²) < 4.78 is 13.1. The maximum Gasteiger partial charge on any atom is 0.193 e. The Hall–Kier alpha value is -2.41. The summed E-state index contributed by atoms with van der Waals surface area (Å²) in [6, 6.07) is 3.96. The molecule has 1 unspecified atom stereocenters. The van der Waals surface area contributed by atoms with Gasteiger partial charge in [0.15, 0.2) is 17.5 Å². The molecule has 4 rings (SSSR count). The lowest BCUT2D eigenvalue weighted by atomic mass is 10.0. The predicted octanol–water partition coefficient (Wildman–Crippen LogP) is 2.84. The second kappa shape index (κ2) is 8.95. The molecule has 1 fully saturated rings. The van der Waals surface area contributed by atoms with E-state index in [1.54, 1.807) is 0 Å². The van der Waals surface area contributed by atoms with Gasteiger partial charge in [0.05, 0.1) is 11.2 Å². The van der Waals surface area contributed by atoms with E-state index in [-0.39, 0.29) is 0 Å². The zero-order valence-electron chi connectivity index (χ0n) is 17.0. The van der Waals surface area contributed by atoms with Crippen LogP contribution in [-0.4, -0.2) is 60.0 Å². The highest BCUT2D eigenvalue weighted by atomic mass is 35.5. The van der Waals surface area contributed by atoms with Crippen molar-refractivity contribution in [3.63, 3.8) is 0 Å². The SMILES string of the molecule is CCNC(=NCCc1cc(Cl)c2c(c1)OCCO2)N1CCC(c2cnn(C)c2)C1. The van der Waals surface area contributed by atoms with Crippen LogP contribution in [-0.2, 0) is 13.5 Å². The van der Waals surface area contributed by atoms with E-state index in [0.29, 0.717) is 36.4 Å². The van der Waals surface area contributed by atoms with E-state index in [0.717, 1.165) is 49.7 Å². The van der Waals surface area contributed by atoms with E-state index < -0.39 is 0 Å². The zero-order chi connectivity index (χ0) is 20.2. The zero-order valence-corrected chi connectivity index (χ0v) is 17.8. The second-order valence-electron chi connectivity index (χ2n) is 7.47. The van der Waals surface area contributed by atoms with Crippen LogP contribution in [0.2, 0.25) is 5.02 Å². The Balaban J connectivity index is 1.39. The van der Waals surface area contributed by atoms with Gasteiger partial charge in [-0.05, 0) is 43.0 Å². The van der Waals surface area contributed by atoms with Crippen LogP contribution in [0.15, 0.2) is 29.5 Å². The van der Waals surface area contributed by atoms with Crippen LogP contribution in [0.4, 0.5) is 0 Å². The molecule has 1 N–H and O–H groups in total. The smallest absolute Gasteiger partial charge is 0.193 e. The van der Waals surface area contributed by atoms with Crippen molar-refractivity contribution in [1.29, 1.82) is 0 Å². The molecule has 1 aromatic carbocycles. The monoisotopic (exact) mass is 417 g/mol. The number of ether oxygens (including phenoxy) is 2. The fourth-order valence-electron chi connectivity index (χ4n) is 3.90. The van der Waals surface area contributed by atoms with Gasteiger partial charge in [0.25, 0.3) is 0 Å². The van der Waals surface area contributed by atoms with Gasteiger partial charge in [0, 0.05) is 45.3 Å². The Bertz CT molecular complexity index is 882. The van der Waals surface area contributed by atoms with Crippen molar-refractivity contribution in [2.24, 2.45) is 12.0 Å². The van der Waals surface area contributed by atoms with E-state index in [4.69, 9.17) is 26.1 Å². The fraction of sp³-hybridized carbons (Fsp3) is 0.524. The molecule has 0 bridgehead atoms. The number of rotatable bonds is 5. The van der Waals surface area contributed by atoms with Gasteiger partial charge in [-0.2, -0.15) is 5.10 Å². The Labute approximate surface area is 176 Å². The Morgan fingerprint density at radius 2 is 2.21 bits per heavy atom. The van der Waals surface area contributed by atoms with Crippen LogP contribution in [0, 0.1) is 0 Å². The minimum atomic E-state index is 0.504. The average Bonchev–Trinajstić information content (AvgIpc) is 3.36. The molecule has 3 heterocycles. The van der Waals surface area contributed by atoms with Gasteiger partial charge >= 0.3 is 0 Å². The number of hydrogen-bond acceptors (Lipinski definition) is 4. The number of nitrogens with zero attached hydrogens (tertiary/aromatic N) is 4. The lowest BCUT2D eigenvalue weighted by molar-refractivity contribution is 0.171. The summed E-state index contributed by atoms with van der Waals surface area (Å²) in [4.78, 5) is 7.21. The van der Waals surface area contributed by atoms with E-state index in [9.17, 15) is 0 Å². The molecule has 1 aromatic heterocycles. The average molecular weight is 418 g/mol. The largest absolute Gasteiger partial charge is 0.486 e. The van der Waals surface area contributed by atoms with Crippen LogP contribution in [0.5, 0.6) is 11.5 Å². The van der Waals surface area contributed by atoms with Crippen LogP contribution in [0.25, 0.3) is 0 Å². The topological polar surface area (TPSA) is 63.9 Å². The quantitative estimate of drug-likeness (QED) is 0.598. The summed E-state index contributed by atoms with van der Waals surface area (Å²) in [5.74, 6) is 2.86. The Morgan fingerprint density at radius 1 is 1.34 bits per heavy atom. The van der Waals surface area contributed by atoms with Gasteiger partial charge < -0.3 is 19.7 Å². The number of halogens is 1. The lowest BCUT2D eigenvalue weighted by Crippen LogP contribution is -2.40. The molecule has 2 aromatic rings. The fourth-order valence-corrected chi connectivity index (χ4v) is 4.19. The van der Waals surface area contributed by atoms with Gasteiger partial charge in [0.1, 0.15) is 13.2 Å². The van der Waals surface area contributed by atoms with Crippen molar-refractivity contribution >= 4 is 17.6 Å². The van der Waals surface area contributed by atoms with E-state index in [1.165, 1.54) is 5.56 Å². The molecule has 0 saturated carbocycles. The lowest BCUT2D eigenvalue weighted by Gasteiger charge is -2.22. The maximum atomic E-state index is 6.35. The molecule has 0 amide bonds.